The third-order valence-electron chi connectivity index (χ3n) is 1.40. The van der Waals surface area contributed by atoms with E-state index in [9.17, 15) is 0 Å². The van der Waals surface area contributed by atoms with Crippen molar-refractivity contribution < 1.29 is 27.9 Å². The standard InChI is InChI=1S/C8H12NO2.ClH/c1-10-8-4-2-3-7(5-8)6-11-9;/h2-5H,6H2,1,9H3;1H/q+1;/p-1. The van der Waals surface area contributed by atoms with Crippen LogP contribution in [0.25, 0.3) is 0 Å². The minimum Gasteiger partial charge on any atom is -1.00 e. The van der Waals surface area contributed by atoms with Gasteiger partial charge in [0.15, 0.2) is 0 Å². The molecular formula is C8H12ClNO2. The topological polar surface area (TPSA) is 46.1 Å². The van der Waals surface area contributed by atoms with Gasteiger partial charge in [0.1, 0.15) is 12.4 Å². The summed E-state index contributed by atoms with van der Waals surface area (Å²) in [5.74, 6) is 4.14. The first-order valence-electron chi connectivity index (χ1n) is 3.36. The van der Waals surface area contributed by atoms with Crippen molar-refractivity contribution in [2.75, 3.05) is 7.11 Å². The van der Waals surface area contributed by atoms with Gasteiger partial charge in [0, 0.05) is 0 Å². The summed E-state index contributed by atoms with van der Waals surface area (Å²) in [6.45, 7) is 0.525. The summed E-state index contributed by atoms with van der Waals surface area (Å²) in [6.07, 6.45) is 0. The normalized spacial score (nSPS) is 8.83. The zero-order valence-electron chi connectivity index (χ0n) is 6.92. The summed E-state index contributed by atoms with van der Waals surface area (Å²) in [4.78, 5) is 4.72. The lowest BCUT2D eigenvalue weighted by Gasteiger charge is -2.00. The van der Waals surface area contributed by atoms with Gasteiger partial charge in [0.25, 0.3) is 0 Å². The van der Waals surface area contributed by atoms with Crippen molar-refractivity contribution in [3.8, 4) is 5.75 Å². The van der Waals surface area contributed by atoms with Crippen LogP contribution in [0.2, 0.25) is 0 Å². The second-order valence-electron chi connectivity index (χ2n) is 2.20. The Morgan fingerprint density at radius 1 is 1.42 bits per heavy atom. The highest BCUT2D eigenvalue weighted by Gasteiger charge is 1.94. The lowest BCUT2D eigenvalue weighted by molar-refractivity contribution is -0.695. The van der Waals surface area contributed by atoms with Crippen molar-refractivity contribution in [2.45, 2.75) is 6.61 Å². The Morgan fingerprint density at radius 3 is 2.75 bits per heavy atom. The molecule has 0 aromatic heterocycles. The van der Waals surface area contributed by atoms with E-state index in [1.165, 1.54) is 0 Å². The van der Waals surface area contributed by atoms with Gasteiger partial charge in [0.05, 0.1) is 7.11 Å². The summed E-state index contributed by atoms with van der Waals surface area (Å²) in [6, 6.07) is 7.71. The molecule has 68 valence electrons. The highest BCUT2D eigenvalue weighted by Crippen LogP contribution is 2.12. The number of ether oxygens (including phenoxy) is 1. The molecule has 3 N–H and O–H groups in total. The SMILES string of the molecule is COc1cccc(CO[NH3+])c1.[Cl-]. The van der Waals surface area contributed by atoms with Gasteiger partial charge in [-0.1, -0.05) is 12.1 Å². The van der Waals surface area contributed by atoms with E-state index in [0.717, 1.165) is 11.3 Å². The highest BCUT2D eigenvalue weighted by molar-refractivity contribution is 5.27. The second-order valence-corrected chi connectivity index (χ2v) is 2.20. The predicted molar refractivity (Wildman–Crippen MR) is 40.7 cm³/mol. The number of halogens is 1. The smallest absolute Gasteiger partial charge is 0.131 e. The summed E-state index contributed by atoms with van der Waals surface area (Å²) in [5.41, 5.74) is 1.07. The molecular weight excluding hydrogens is 178 g/mol. The Kier molecular flexibility index (Phi) is 5.45. The van der Waals surface area contributed by atoms with Crippen molar-refractivity contribution in [3.63, 3.8) is 0 Å². The monoisotopic (exact) mass is 189 g/mol. The molecule has 4 heteroatoms. The predicted octanol–water partition coefficient (Wildman–Crippen LogP) is -2.63. The molecule has 0 radical (unpaired) electrons. The maximum Gasteiger partial charge on any atom is 0.131 e. The third-order valence-corrected chi connectivity index (χ3v) is 1.40. The Hall–Kier alpha value is -0.770. The molecule has 1 aromatic carbocycles. The maximum absolute atomic E-state index is 5.03. The van der Waals surface area contributed by atoms with E-state index in [1.54, 1.807) is 7.11 Å². The molecule has 0 saturated heterocycles. The molecule has 0 aliphatic carbocycles. The zero-order valence-corrected chi connectivity index (χ0v) is 7.67. The summed E-state index contributed by atoms with van der Waals surface area (Å²) in [5, 5.41) is 0. The van der Waals surface area contributed by atoms with E-state index in [0.29, 0.717) is 6.61 Å². The van der Waals surface area contributed by atoms with Crippen LogP contribution >= 0.6 is 0 Å². The minimum absolute atomic E-state index is 0. The number of quaternary nitrogens is 1. The number of hydrogen-bond donors (Lipinski definition) is 1. The molecule has 0 bridgehead atoms. The van der Waals surface area contributed by atoms with Gasteiger partial charge in [0.2, 0.25) is 0 Å². The van der Waals surface area contributed by atoms with Gasteiger partial charge in [-0.15, -0.1) is 0 Å². The van der Waals surface area contributed by atoms with Crippen LogP contribution in [0.4, 0.5) is 0 Å². The fraction of sp³-hybridized carbons (Fsp3) is 0.250. The molecule has 12 heavy (non-hydrogen) atoms. The van der Waals surface area contributed by atoms with E-state index in [-0.39, 0.29) is 12.4 Å². The minimum atomic E-state index is 0. The lowest BCUT2D eigenvalue weighted by Crippen LogP contribution is -3.00. The average molecular weight is 190 g/mol. The van der Waals surface area contributed by atoms with Crippen LogP contribution in [-0.4, -0.2) is 7.11 Å². The van der Waals surface area contributed by atoms with Crippen molar-refractivity contribution in [3.05, 3.63) is 29.8 Å². The first kappa shape index (κ1) is 11.2. The van der Waals surface area contributed by atoms with Gasteiger partial charge in [-0.3, -0.25) is 0 Å². The molecule has 0 fully saturated rings. The Morgan fingerprint density at radius 2 is 2.17 bits per heavy atom. The summed E-state index contributed by atoms with van der Waals surface area (Å²) < 4.78 is 5.03. The van der Waals surface area contributed by atoms with Crippen LogP contribution in [0.3, 0.4) is 0 Å². The molecule has 1 aromatic rings. The molecule has 0 saturated carbocycles. The van der Waals surface area contributed by atoms with Crippen LogP contribution in [0.5, 0.6) is 5.75 Å². The molecule has 0 heterocycles. The van der Waals surface area contributed by atoms with Crippen molar-refractivity contribution in [2.24, 2.45) is 0 Å². The second kappa shape index (κ2) is 5.83. The number of rotatable bonds is 3. The molecule has 0 atom stereocenters. The van der Waals surface area contributed by atoms with E-state index in [1.807, 2.05) is 24.3 Å². The fourth-order valence-electron chi connectivity index (χ4n) is 0.880. The van der Waals surface area contributed by atoms with Crippen LogP contribution in [0.1, 0.15) is 5.56 Å². The van der Waals surface area contributed by atoms with E-state index >= 15 is 0 Å². The first-order chi connectivity index (χ1) is 5.36. The maximum atomic E-state index is 5.03. The summed E-state index contributed by atoms with van der Waals surface area (Å²) in [7, 11) is 1.64. The van der Waals surface area contributed by atoms with Gasteiger partial charge >= 0.3 is 0 Å². The molecule has 0 amide bonds. The van der Waals surface area contributed by atoms with E-state index < -0.39 is 0 Å². The zero-order chi connectivity index (χ0) is 8.10. The molecule has 0 unspecified atom stereocenters. The van der Waals surface area contributed by atoms with Gasteiger partial charge in [-0.25, -0.2) is 10.7 Å². The molecule has 0 aliphatic rings. The number of hydrogen-bond acceptors (Lipinski definition) is 2. The van der Waals surface area contributed by atoms with Gasteiger partial charge in [-0.05, 0) is 17.7 Å². The van der Waals surface area contributed by atoms with Gasteiger partial charge in [-0.2, -0.15) is 0 Å². The van der Waals surface area contributed by atoms with Crippen LogP contribution in [0.15, 0.2) is 24.3 Å². The molecule has 0 aliphatic heterocycles. The van der Waals surface area contributed by atoms with Crippen molar-refractivity contribution in [1.82, 2.24) is 0 Å². The van der Waals surface area contributed by atoms with Gasteiger partial charge < -0.3 is 17.1 Å². The molecule has 3 nitrogen and oxygen atoms in total. The Bertz CT molecular complexity index is 230. The van der Waals surface area contributed by atoms with E-state index in [4.69, 9.17) is 9.57 Å². The van der Waals surface area contributed by atoms with Crippen LogP contribution in [0, 0.1) is 0 Å². The molecule has 1 rings (SSSR count). The van der Waals surface area contributed by atoms with Crippen LogP contribution < -0.4 is 23.0 Å². The van der Waals surface area contributed by atoms with Crippen molar-refractivity contribution >= 4 is 0 Å². The highest BCUT2D eigenvalue weighted by atomic mass is 35.5. The Balaban J connectivity index is 0.00000121. The average Bonchev–Trinajstić information content (AvgIpc) is 2.06. The molecule has 0 spiro atoms. The van der Waals surface area contributed by atoms with Crippen LogP contribution in [-0.2, 0) is 11.4 Å². The van der Waals surface area contributed by atoms with Crippen molar-refractivity contribution in [1.29, 1.82) is 0 Å². The number of methoxy groups -OCH3 is 1. The first-order valence-corrected chi connectivity index (χ1v) is 3.36. The fourth-order valence-corrected chi connectivity index (χ4v) is 0.880. The quantitative estimate of drug-likeness (QED) is 0.529. The number of benzene rings is 1. The largest absolute Gasteiger partial charge is 1.00 e. The lowest BCUT2D eigenvalue weighted by atomic mass is 10.2. The Labute approximate surface area is 77.8 Å². The summed E-state index contributed by atoms with van der Waals surface area (Å²) >= 11 is 0. The van der Waals surface area contributed by atoms with E-state index in [2.05, 4.69) is 5.90 Å². The third kappa shape index (κ3) is 3.09.